The normalized spacial score (nSPS) is 13.8. The third-order valence-corrected chi connectivity index (χ3v) is 10.1. The van der Waals surface area contributed by atoms with Crippen LogP contribution in [0.25, 0.3) is 0 Å². The fourth-order valence-electron chi connectivity index (χ4n) is 3.17. The van der Waals surface area contributed by atoms with Crippen molar-refractivity contribution >= 4 is 26.4 Å². The van der Waals surface area contributed by atoms with Crippen molar-refractivity contribution in [1.82, 2.24) is 0 Å². The lowest BCUT2D eigenvalue weighted by molar-refractivity contribution is -0.142. The van der Waals surface area contributed by atoms with Crippen molar-refractivity contribution in [2.45, 2.75) is 39.5 Å². The molecule has 0 aliphatic rings. The van der Waals surface area contributed by atoms with Crippen LogP contribution in [0.4, 0.5) is 13.2 Å². The van der Waals surface area contributed by atoms with E-state index in [1.165, 1.54) is 0 Å². The molecule has 0 saturated heterocycles. The molecule has 0 radical (unpaired) electrons. The Morgan fingerprint density at radius 2 is 1.21 bits per heavy atom. The Morgan fingerprint density at radius 1 is 0.824 bits per heavy atom. The maximum atomic E-state index is 15.0. The molecule has 3 aromatic rings. The lowest BCUT2D eigenvalue weighted by Gasteiger charge is -2.40. The minimum Gasteiger partial charge on any atom is -0.466 e. The zero-order valence-corrected chi connectivity index (χ0v) is 19.8. The maximum absolute atomic E-state index is 15.0. The van der Waals surface area contributed by atoms with Gasteiger partial charge in [0, 0.05) is 28.0 Å². The molecule has 0 saturated carbocycles. The second-order valence-electron chi connectivity index (χ2n) is 7.18. The number of benzene rings is 3. The fraction of sp³-hybridized carbons (Fsp3) is 0.208. The van der Waals surface area contributed by atoms with Gasteiger partial charge in [-0.1, -0.05) is 54.6 Å². The summed E-state index contributed by atoms with van der Waals surface area (Å²) in [5.41, 5.74) is 0. The largest absolute Gasteiger partial charge is 0.466 e. The number of hydrogen-bond donors (Lipinski definition) is 0. The van der Waals surface area contributed by atoms with Crippen LogP contribution in [-0.4, -0.2) is 32.4 Å². The van der Waals surface area contributed by atoms with Crippen molar-refractivity contribution in [2.24, 2.45) is 0 Å². The van der Waals surface area contributed by atoms with E-state index in [9.17, 15) is 26.4 Å². The SMILES string of the molecule is CC(=O)OCCC(F)C(F)(F)S(=O)(=O)OS(c1ccccc1)(c1ccccc1)c1ccccc1. The van der Waals surface area contributed by atoms with Crippen molar-refractivity contribution in [3.63, 3.8) is 0 Å². The monoisotopic (exact) mass is 512 g/mol. The number of hydrogen-bond acceptors (Lipinski definition) is 5. The summed E-state index contributed by atoms with van der Waals surface area (Å²) in [4.78, 5) is 11.9. The van der Waals surface area contributed by atoms with Gasteiger partial charge in [0.2, 0.25) is 0 Å². The van der Waals surface area contributed by atoms with E-state index in [-0.39, 0.29) is 0 Å². The Kier molecular flexibility index (Phi) is 8.06. The zero-order valence-electron chi connectivity index (χ0n) is 18.1. The standard InChI is InChI=1S/C24H23F3O5S2/c1-19(28)31-18-17-23(25)24(26,27)34(29,30)32-33(20-11-5-2-6-12-20,21-13-7-3-8-14-21)22-15-9-4-10-16-22/h2-16,23H,17-18H2,1H3. The molecule has 0 bridgehead atoms. The van der Waals surface area contributed by atoms with Gasteiger partial charge in [0.1, 0.15) is 0 Å². The molecule has 0 spiro atoms. The highest BCUT2D eigenvalue weighted by atomic mass is 32.3. The van der Waals surface area contributed by atoms with Gasteiger partial charge in [0.25, 0.3) is 0 Å². The average Bonchev–Trinajstić information content (AvgIpc) is 2.83. The van der Waals surface area contributed by atoms with Crippen LogP contribution in [-0.2, 0) is 23.3 Å². The highest BCUT2D eigenvalue weighted by Gasteiger charge is 2.57. The lowest BCUT2D eigenvalue weighted by Crippen LogP contribution is -2.41. The molecule has 0 N–H and O–H groups in total. The van der Waals surface area contributed by atoms with E-state index in [2.05, 4.69) is 4.74 Å². The number of rotatable bonds is 10. The smallest absolute Gasteiger partial charge is 0.401 e. The van der Waals surface area contributed by atoms with Gasteiger partial charge in [-0.05, 0) is 46.7 Å². The first-order valence-electron chi connectivity index (χ1n) is 10.2. The summed E-state index contributed by atoms with van der Waals surface area (Å²) >= 11 is 0. The Morgan fingerprint density at radius 3 is 1.56 bits per heavy atom. The summed E-state index contributed by atoms with van der Waals surface area (Å²) < 4.78 is 80.5. The van der Waals surface area contributed by atoms with Crippen LogP contribution in [0.15, 0.2) is 106 Å². The zero-order chi connectivity index (χ0) is 24.8. The van der Waals surface area contributed by atoms with Crippen LogP contribution in [0, 0.1) is 0 Å². The first kappa shape index (κ1) is 25.8. The van der Waals surface area contributed by atoms with Gasteiger partial charge in [0.05, 0.1) is 6.61 Å². The minimum atomic E-state index is -5.82. The third kappa shape index (κ3) is 5.29. The van der Waals surface area contributed by atoms with E-state index in [0.717, 1.165) is 6.92 Å². The molecule has 0 amide bonds. The number of alkyl halides is 3. The third-order valence-electron chi connectivity index (χ3n) is 4.79. The van der Waals surface area contributed by atoms with Crippen LogP contribution in [0.3, 0.4) is 0 Å². The van der Waals surface area contributed by atoms with E-state index in [1.54, 1.807) is 91.0 Å². The van der Waals surface area contributed by atoms with Crippen molar-refractivity contribution in [3.8, 4) is 0 Å². The van der Waals surface area contributed by atoms with Gasteiger partial charge in [-0.15, -0.1) is 0 Å². The van der Waals surface area contributed by atoms with Gasteiger partial charge < -0.3 is 4.74 Å². The number of carbonyl (C=O) groups excluding carboxylic acids is 1. The summed E-state index contributed by atoms with van der Waals surface area (Å²) in [7, 11) is -9.08. The Labute approximate surface area is 198 Å². The first-order valence-corrected chi connectivity index (χ1v) is 13.2. The molecule has 10 heteroatoms. The summed E-state index contributed by atoms with van der Waals surface area (Å²) in [5.74, 6) is -0.796. The minimum absolute atomic E-state index is 0.335. The molecule has 1 unspecified atom stereocenters. The van der Waals surface area contributed by atoms with Crippen molar-refractivity contribution in [2.75, 3.05) is 6.61 Å². The van der Waals surface area contributed by atoms with E-state index in [0.29, 0.717) is 14.7 Å². The first-order chi connectivity index (χ1) is 16.1. The highest BCUT2D eigenvalue weighted by Crippen LogP contribution is 2.70. The average molecular weight is 513 g/mol. The topological polar surface area (TPSA) is 69.7 Å². The van der Waals surface area contributed by atoms with E-state index in [1.807, 2.05) is 0 Å². The molecule has 0 aliphatic carbocycles. The van der Waals surface area contributed by atoms with Crippen LogP contribution >= 0.6 is 10.3 Å². The second-order valence-corrected chi connectivity index (χ2v) is 11.7. The van der Waals surface area contributed by atoms with Crippen LogP contribution in [0.1, 0.15) is 13.3 Å². The Balaban J connectivity index is 2.15. The predicted molar refractivity (Wildman–Crippen MR) is 123 cm³/mol. The summed E-state index contributed by atoms with van der Waals surface area (Å²) in [6.45, 7) is 0.332. The summed E-state index contributed by atoms with van der Waals surface area (Å²) in [6, 6.07) is 24.4. The number of halogens is 3. The molecule has 5 nitrogen and oxygen atoms in total. The van der Waals surface area contributed by atoms with Crippen LogP contribution in [0.2, 0.25) is 0 Å². The van der Waals surface area contributed by atoms with E-state index in [4.69, 9.17) is 3.63 Å². The Bertz CT molecular complexity index is 1090. The summed E-state index contributed by atoms with van der Waals surface area (Å²) in [5, 5.41) is -4.90. The number of esters is 1. The quantitative estimate of drug-likeness (QED) is 0.307. The molecule has 0 fully saturated rings. The molecule has 0 aliphatic heterocycles. The maximum Gasteiger partial charge on any atom is 0.401 e. The van der Waals surface area contributed by atoms with Crippen molar-refractivity contribution in [1.29, 1.82) is 0 Å². The molecular formula is C24H23F3O5S2. The van der Waals surface area contributed by atoms with Gasteiger partial charge in [-0.25, -0.2) is 8.02 Å². The van der Waals surface area contributed by atoms with Crippen molar-refractivity contribution < 1.29 is 34.7 Å². The van der Waals surface area contributed by atoms with Crippen LogP contribution in [0.5, 0.6) is 0 Å². The van der Waals surface area contributed by atoms with Gasteiger partial charge in [0.15, 0.2) is 6.17 Å². The molecule has 1 atom stereocenters. The molecule has 0 heterocycles. The molecule has 3 rings (SSSR count). The molecule has 3 aromatic carbocycles. The van der Waals surface area contributed by atoms with Crippen LogP contribution < -0.4 is 0 Å². The predicted octanol–water partition coefficient (Wildman–Crippen LogP) is 6.11. The lowest BCUT2D eigenvalue weighted by atomic mass is 10.3. The van der Waals surface area contributed by atoms with E-state index >= 15 is 0 Å². The molecular weight excluding hydrogens is 489 g/mol. The van der Waals surface area contributed by atoms with E-state index < -0.39 is 50.9 Å². The van der Waals surface area contributed by atoms with Gasteiger partial charge in [-0.2, -0.15) is 17.2 Å². The van der Waals surface area contributed by atoms with Gasteiger partial charge in [-0.3, -0.25) is 4.79 Å². The summed E-state index contributed by atoms with van der Waals surface area (Å²) in [6.07, 6.45) is -4.17. The fourth-order valence-corrected chi connectivity index (χ4v) is 8.42. The highest BCUT2D eigenvalue weighted by molar-refractivity contribution is 8.33. The molecule has 0 aromatic heterocycles. The number of carbonyl (C=O) groups is 1. The van der Waals surface area contributed by atoms with Crippen molar-refractivity contribution in [3.05, 3.63) is 91.0 Å². The Hall–Kier alpha value is -2.82. The molecule has 34 heavy (non-hydrogen) atoms. The van der Waals surface area contributed by atoms with Gasteiger partial charge >= 0.3 is 21.3 Å². The second kappa shape index (κ2) is 10.6. The molecule has 182 valence electrons. The number of ether oxygens (including phenoxy) is 1.